The number of anilines is 1. The molecule has 0 saturated heterocycles. The van der Waals surface area contributed by atoms with Crippen LogP contribution in [0.15, 0.2) is 24.3 Å². The van der Waals surface area contributed by atoms with E-state index in [1.165, 1.54) is 0 Å². The summed E-state index contributed by atoms with van der Waals surface area (Å²) in [5.74, 6) is 0.0573. The molecule has 4 nitrogen and oxygen atoms in total. The van der Waals surface area contributed by atoms with Crippen LogP contribution < -0.4 is 11.1 Å². The molecule has 0 radical (unpaired) electrons. The molecule has 19 heavy (non-hydrogen) atoms. The number of rotatable bonds is 7. The topological polar surface area (TPSA) is 64.3 Å². The monoisotopic (exact) mass is 286 g/mol. The number of carbonyl (C=O) groups excluding carboxylic acids is 1. The Morgan fingerprint density at radius 2 is 2.11 bits per heavy atom. The van der Waals surface area contributed by atoms with Crippen LogP contribution in [0.3, 0.4) is 0 Å². The number of para-hydroxylation sites is 1. The number of halogens is 1. The van der Waals surface area contributed by atoms with Crippen molar-refractivity contribution in [2.24, 2.45) is 0 Å². The van der Waals surface area contributed by atoms with Gasteiger partial charge in [0.05, 0.1) is 0 Å². The van der Waals surface area contributed by atoms with Crippen LogP contribution in [0.4, 0.5) is 5.69 Å². The lowest BCUT2D eigenvalue weighted by Gasteiger charge is -2.13. The molecule has 108 valence electrons. The lowest BCUT2D eigenvalue weighted by molar-refractivity contribution is -0.121. The third-order valence-electron chi connectivity index (χ3n) is 2.84. The van der Waals surface area contributed by atoms with Gasteiger partial charge in [0.1, 0.15) is 0 Å². The molecular weight excluding hydrogens is 264 g/mol. The van der Waals surface area contributed by atoms with Crippen LogP contribution in [0.5, 0.6) is 0 Å². The first-order valence-corrected chi connectivity index (χ1v) is 6.25. The Hall–Kier alpha value is -1.26. The number of hydrogen-bond acceptors (Lipinski definition) is 3. The fourth-order valence-electron chi connectivity index (χ4n) is 1.72. The number of amides is 1. The zero-order chi connectivity index (χ0) is 13.4. The Morgan fingerprint density at radius 3 is 2.74 bits per heavy atom. The summed E-state index contributed by atoms with van der Waals surface area (Å²) in [5.41, 5.74) is 7.60. The van der Waals surface area contributed by atoms with Crippen molar-refractivity contribution in [2.45, 2.75) is 32.2 Å². The van der Waals surface area contributed by atoms with Gasteiger partial charge < -0.3 is 15.8 Å². The molecule has 0 fully saturated rings. The van der Waals surface area contributed by atoms with Gasteiger partial charge in [-0.3, -0.25) is 4.79 Å². The summed E-state index contributed by atoms with van der Waals surface area (Å²) in [7, 11) is 1.66. The zero-order valence-electron chi connectivity index (χ0n) is 11.5. The SMILES string of the molecule is COCCC(C)NC(=O)CCc1ccccc1N.Cl. The lowest BCUT2D eigenvalue weighted by atomic mass is 10.1. The van der Waals surface area contributed by atoms with E-state index in [1.54, 1.807) is 7.11 Å². The maximum absolute atomic E-state index is 11.7. The van der Waals surface area contributed by atoms with Crippen LogP contribution in [0.25, 0.3) is 0 Å². The molecule has 1 atom stereocenters. The number of methoxy groups -OCH3 is 1. The minimum atomic E-state index is 0. The zero-order valence-corrected chi connectivity index (χ0v) is 12.3. The summed E-state index contributed by atoms with van der Waals surface area (Å²) in [6.07, 6.45) is 1.97. The van der Waals surface area contributed by atoms with Gasteiger partial charge in [0, 0.05) is 31.9 Å². The molecule has 1 aromatic carbocycles. The van der Waals surface area contributed by atoms with Gasteiger partial charge in [-0.25, -0.2) is 0 Å². The number of benzene rings is 1. The Bertz CT molecular complexity index is 385. The number of ether oxygens (including phenoxy) is 1. The standard InChI is InChI=1S/C14H22N2O2.ClH/c1-11(9-10-18-2)16-14(17)8-7-12-5-3-4-6-13(12)15;/h3-6,11H,7-10,15H2,1-2H3,(H,16,17);1H. The first kappa shape index (κ1) is 17.7. The predicted octanol–water partition coefficient (Wildman–Crippen LogP) is 2.16. The molecule has 0 heterocycles. The van der Waals surface area contributed by atoms with E-state index in [1.807, 2.05) is 31.2 Å². The third-order valence-corrected chi connectivity index (χ3v) is 2.84. The van der Waals surface area contributed by atoms with Crippen molar-refractivity contribution in [3.8, 4) is 0 Å². The molecule has 0 aliphatic heterocycles. The second-order valence-corrected chi connectivity index (χ2v) is 4.45. The molecule has 0 bridgehead atoms. The van der Waals surface area contributed by atoms with Gasteiger partial charge in [-0.15, -0.1) is 12.4 Å². The first-order chi connectivity index (χ1) is 8.63. The van der Waals surface area contributed by atoms with Crippen LogP contribution in [0.1, 0.15) is 25.3 Å². The van der Waals surface area contributed by atoms with Crippen molar-refractivity contribution in [1.82, 2.24) is 5.32 Å². The Balaban J connectivity index is 0.00000324. The van der Waals surface area contributed by atoms with Crippen molar-refractivity contribution < 1.29 is 9.53 Å². The Morgan fingerprint density at radius 1 is 1.42 bits per heavy atom. The number of carbonyl (C=O) groups is 1. The highest BCUT2D eigenvalue weighted by Crippen LogP contribution is 2.12. The van der Waals surface area contributed by atoms with E-state index in [0.717, 1.165) is 17.7 Å². The van der Waals surface area contributed by atoms with Crippen LogP contribution in [0, 0.1) is 0 Å². The van der Waals surface area contributed by atoms with E-state index in [4.69, 9.17) is 10.5 Å². The highest BCUT2D eigenvalue weighted by atomic mass is 35.5. The van der Waals surface area contributed by atoms with Crippen molar-refractivity contribution in [1.29, 1.82) is 0 Å². The highest BCUT2D eigenvalue weighted by Gasteiger charge is 2.08. The molecule has 1 rings (SSSR count). The van der Waals surface area contributed by atoms with Gasteiger partial charge >= 0.3 is 0 Å². The maximum Gasteiger partial charge on any atom is 0.220 e. The van der Waals surface area contributed by atoms with Crippen molar-refractivity contribution in [3.63, 3.8) is 0 Å². The Kier molecular flexibility index (Phi) is 9.00. The summed E-state index contributed by atoms with van der Waals surface area (Å²) in [4.78, 5) is 11.7. The second kappa shape index (κ2) is 9.64. The maximum atomic E-state index is 11.7. The Labute approximate surface area is 121 Å². The molecule has 1 amide bonds. The normalized spacial score (nSPS) is 11.5. The van der Waals surface area contributed by atoms with Crippen LogP contribution >= 0.6 is 12.4 Å². The van der Waals surface area contributed by atoms with E-state index < -0.39 is 0 Å². The van der Waals surface area contributed by atoms with Crippen molar-refractivity contribution in [3.05, 3.63) is 29.8 Å². The smallest absolute Gasteiger partial charge is 0.220 e. The van der Waals surface area contributed by atoms with Gasteiger partial charge in [0.25, 0.3) is 0 Å². The fraction of sp³-hybridized carbons (Fsp3) is 0.500. The van der Waals surface area contributed by atoms with E-state index in [2.05, 4.69) is 5.32 Å². The first-order valence-electron chi connectivity index (χ1n) is 6.25. The minimum absolute atomic E-state index is 0. The quantitative estimate of drug-likeness (QED) is 0.755. The van der Waals surface area contributed by atoms with Gasteiger partial charge in [0.15, 0.2) is 0 Å². The van der Waals surface area contributed by atoms with E-state index in [0.29, 0.717) is 19.4 Å². The number of nitrogens with one attached hydrogen (secondary N) is 1. The molecule has 3 N–H and O–H groups in total. The van der Waals surface area contributed by atoms with E-state index in [-0.39, 0.29) is 24.4 Å². The predicted molar refractivity (Wildman–Crippen MR) is 80.5 cm³/mol. The van der Waals surface area contributed by atoms with Crippen molar-refractivity contribution >= 4 is 24.0 Å². The summed E-state index contributed by atoms with van der Waals surface area (Å²) in [5, 5.41) is 2.94. The highest BCUT2D eigenvalue weighted by molar-refractivity contribution is 5.85. The van der Waals surface area contributed by atoms with Gasteiger partial charge in [-0.05, 0) is 31.4 Å². The average Bonchev–Trinajstić information content (AvgIpc) is 2.35. The number of nitrogen functional groups attached to an aromatic ring is 1. The molecule has 5 heteroatoms. The molecule has 0 aromatic heterocycles. The number of hydrogen-bond donors (Lipinski definition) is 2. The molecule has 1 unspecified atom stereocenters. The van der Waals surface area contributed by atoms with E-state index in [9.17, 15) is 4.79 Å². The minimum Gasteiger partial charge on any atom is -0.399 e. The lowest BCUT2D eigenvalue weighted by Crippen LogP contribution is -2.33. The third kappa shape index (κ3) is 7.03. The summed E-state index contributed by atoms with van der Waals surface area (Å²) in [6.45, 7) is 2.64. The van der Waals surface area contributed by atoms with Crippen LogP contribution in [-0.2, 0) is 16.0 Å². The largest absolute Gasteiger partial charge is 0.399 e. The number of aryl methyl sites for hydroxylation is 1. The average molecular weight is 287 g/mol. The molecule has 0 spiro atoms. The summed E-state index contributed by atoms with van der Waals surface area (Å²) in [6, 6.07) is 7.78. The van der Waals surface area contributed by atoms with Crippen LogP contribution in [-0.4, -0.2) is 25.7 Å². The van der Waals surface area contributed by atoms with Crippen molar-refractivity contribution in [2.75, 3.05) is 19.5 Å². The van der Waals surface area contributed by atoms with Gasteiger partial charge in [-0.2, -0.15) is 0 Å². The number of nitrogens with two attached hydrogens (primary N) is 1. The molecular formula is C14H23ClN2O2. The molecule has 0 saturated carbocycles. The van der Waals surface area contributed by atoms with Gasteiger partial charge in [-0.1, -0.05) is 18.2 Å². The van der Waals surface area contributed by atoms with Crippen LogP contribution in [0.2, 0.25) is 0 Å². The fourth-order valence-corrected chi connectivity index (χ4v) is 1.72. The summed E-state index contributed by atoms with van der Waals surface area (Å²) < 4.78 is 4.97. The molecule has 1 aromatic rings. The summed E-state index contributed by atoms with van der Waals surface area (Å²) >= 11 is 0. The van der Waals surface area contributed by atoms with Gasteiger partial charge in [0.2, 0.25) is 5.91 Å². The molecule has 0 aliphatic carbocycles. The second-order valence-electron chi connectivity index (χ2n) is 4.45. The van der Waals surface area contributed by atoms with E-state index >= 15 is 0 Å². The molecule has 0 aliphatic rings.